The van der Waals surface area contributed by atoms with Gasteiger partial charge in [0.25, 0.3) is 11.8 Å². The highest BCUT2D eigenvalue weighted by atomic mass is 32.1. The fraction of sp³-hybridized carbons (Fsp3) is 0.600. The van der Waals surface area contributed by atoms with E-state index < -0.39 is 25.0 Å². The van der Waals surface area contributed by atoms with Crippen LogP contribution in [0.4, 0.5) is 19.6 Å². The second kappa shape index (κ2) is 5.25. The lowest BCUT2D eigenvalue weighted by atomic mass is 10.2. The van der Waals surface area contributed by atoms with E-state index in [9.17, 15) is 13.6 Å². The van der Waals surface area contributed by atoms with Crippen molar-refractivity contribution in [2.75, 3.05) is 24.2 Å². The smallest absolute Gasteiger partial charge is 0.287 e. The highest BCUT2D eigenvalue weighted by Crippen LogP contribution is 2.29. The van der Waals surface area contributed by atoms with Crippen LogP contribution in [0.2, 0.25) is 0 Å². The van der Waals surface area contributed by atoms with Crippen molar-refractivity contribution < 1.29 is 18.7 Å². The van der Waals surface area contributed by atoms with Crippen LogP contribution in [0.15, 0.2) is 0 Å². The lowest BCUT2D eigenvalue weighted by Gasteiger charge is -2.14. The fourth-order valence-electron chi connectivity index (χ4n) is 1.39. The van der Waals surface area contributed by atoms with E-state index in [2.05, 4.69) is 15.0 Å². The van der Waals surface area contributed by atoms with Crippen molar-refractivity contribution >= 4 is 28.3 Å². The lowest BCUT2D eigenvalue weighted by Crippen LogP contribution is -2.32. The Morgan fingerprint density at radius 2 is 2.26 bits per heavy atom. The van der Waals surface area contributed by atoms with Gasteiger partial charge in [-0.1, -0.05) is 0 Å². The number of amides is 1. The van der Waals surface area contributed by atoms with Gasteiger partial charge in [0.05, 0.1) is 6.54 Å². The number of hydrogen-bond acceptors (Lipinski definition) is 6. The van der Waals surface area contributed by atoms with Crippen molar-refractivity contribution in [1.82, 2.24) is 9.69 Å². The molecule has 1 heterocycles. The van der Waals surface area contributed by atoms with Crippen molar-refractivity contribution in [1.29, 1.82) is 0 Å². The second-order valence-corrected chi connectivity index (χ2v) is 5.16. The zero-order valence-corrected chi connectivity index (χ0v) is 10.8. The molecule has 2 rings (SSSR count). The second-order valence-electron chi connectivity index (χ2n) is 4.39. The van der Waals surface area contributed by atoms with Gasteiger partial charge in [0, 0.05) is 6.04 Å². The van der Waals surface area contributed by atoms with Crippen LogP contribution in [0.1, 0.15) is 23.2 Å². The summed E-state index contributed by atoms with van der Waals surface area (Å²) >= 11 is 0.841. The number of nitrogen functional groups attached to an aromatic ring is 1. The molecule has 0 bridgehead atoms. The minimum Gasteiger partial charge on any atom is -0.390 e. The van der Waals surface area contributed by atoms with Crippen LogP contribution >= 0.6 is 11.5 Å². The first-order valence-corrected chi connectivity index (χ1v) is 6.49. The maximum atomic E-state index is 12.9. The number of nitrogens with zero attached hydrogens (tertiary/aromatic N) is 1. The van der Waals surface area contributed by atoms with Crippen LogP contribution in [-0.4, -0.2) is 40.5 Å². The zero-order valence-electron chi connectivity index (χ0n) is 9.95. The molecule has 1 amide bonds. The molecule has 19 heavy (non-hydrogen) atoms. The summed E-state index contributed by atoms with van der Waals surface area (Å²) in [5.74, 6) is -3.66. The van der Waals surface area contributed by atoms with Crippen LogP contribution in [0, 0.1) is 0 Å². The molecular weight excluding hydrogens is 278 g/mol. The van der Waals surface area contributed by atoms with Crippen molar-refractivity contribution in [2.45, 2.75) is 24.8 Å². The Balaban J connectivity index is 2.06. The Kier molecular flexibility index (Phi) is 3.85. The summed E-state index contributed by atoms with van der Waals surface area (Å²) in [5.41, 5.74) is 5.66. The number of aromatic nitrogens is 1. The predicted octanol–water partition coefficient (Wildman–Crippen LogP) is 0.657. The van der Waals surface area contributed by atoms with E-state index in [1.54, 1.807) is 0 Å². The number of carbonyl (C=O) groups is 1. The molecule has 106 valence electrons. The third kappa shape index (κ3) is 3.51. The Hall–Kier alpha value is -1.48. The van der Waals surface area contributed by atoms with E-state index in [0.29, 0.717) is 0 Å². The molecule has 9 heteroatoms. The van der Waals surface area contributed by atoms with Gasteiger partial charge in [0.2, 0.25) is 0 Å². The van der Waals surface area contributed by atoms with E-state index in [4.69, 9.17) is 10.8 Å². The molecule has 0 radical (unpaired) electrons. The Labute approximate surface area is 112 Å². The minimum absolute atomic E-state index is 0.0120. The Morgan fingerprint density at radius 3 is 2.84 bits per heavy atom. The summed E-state index contributed by atoms with van der Waals surface area (Å²) in [6, 6.07) is 0.138. The maximum Gasteiger partial charge on any atom is 0.287 e. The molecule has 1 saturated carbocycles. The number of nitrogens with one attached hydrogen (secondary N) is 2. The molecular formula is C10H14F2N4O2S. The van der Waals surface area contributed by atoms with Gasteiger partial charge in [-0.3, -0.25) is 4.79 Å². The number of aliphatic hydroxyl groups is 1. The number of carbonyl (C=O) groups excluding carboxylic acids is 1. The van der Waals surface area contributed by atoms with Gasteiger partial charge in [-0.05, 0) is 24.4 Å². The number of alkyl halides is 2. The molecule has 0 unspecified atom stereocenters. The van der Waals surface area contributed by atoms with Crippen LogP contribution in [0.5, 0.6) is 0 Å². The van der Waals surface area contributed by atoms with Gasteiger partial charge in [-0.15, -0.1) is 0 Å². The van der Waals surface area contributed by atoms with Crippen LogP contribution in [0.3, 0.4) is 0 Å². The van der Waals surface area contributed by atoms with Gasteiger partial charge in [0.1, 0.15) is 17.2 Å². The molecule has 0 spiro atoms. The summed E-state index contributed by atoms with van der Waals surface area (Å²) in [6.45, 7) is -2.05. The summed E-state index contributed by atoms with van der Waals surface area (Å²) in [4.78, 5) is 11.9. The van der Waals surface area contributed by atoms with E-state index in [-0.39, 0.29) is 22.4 Å². The average Bonchev–Trinajstić information content (AvgIpc) is 3.08. The molecule has 1 fully saturated rings. The van der Waals surface area contributed by atoms with Crippen LogP contribution < -0.4 is 16.4 Å². The average molecular weight is 292 g/mol. The topological polar surface area (TPSA) is 100 Å². The molecule has 0 aromatic carbocycles. The normalized spacial score (nSPS) is 15.3. The highest BCUT2D eigenvalue weighted by Gasteiger charge is 2.30. The highest BCUT2D eigenvalue weighted by molar-refractivity contribution is 7.11. The number of rotatable bonds is 6. The number of hydrogen-bond donors (Lipinski definition) is 4. The number of anilines is 2. The van der Waals surface area contributed by atoms with Gasteiger partial charge < -0.3 is 21.5 Å². The standard InChI is InChI=1S/C10H14F2N4O2S/c11-10(12,4-17)3-14-9-6(7(13)16-19-9)8(18)15-5-1-2-5/h5,14,17H,1-4H2,(H2,13,16)(H,15,18). The van der Waals surface area contributed by atoms with Gasteiger partial charge >= 0.3 is 0 Å². The summed E-state index contributed by atoms with van der Waals surface area (Å²) in [6.07, 6.45) is 1.82. The first-order valence-electron chi connectivity index (χ1n) is 5.71. The number of nitrogens with two attached hydrogens (primary N) is 1. The van der Waals surface area contributed by atoms with E-state index >= 15 is 0 Å². The van der Waals surface area contributed by atoms with Crippen molar-refractivity contribution in [2.24, 2.45) is 0 Å². The Morgan fingerprint density at radius 1 is 1.58 bits per heavy atom. The van der Waals surface area contributed by atoms with Gasteiger partial charge in [-0.2, -0.15) is 4.37 Å². The van der Waals surface area contributed by atoms with Gasteiger partial charge in [-0.25, -0.2) is 8.78 Å². The minimum atomic E-state index is -3.26. The summed E-state index contributed by atoms with van der Waals surface area (Å²) in [5, 5.41) is 13.8. The largest absolute Gasteiger partial charge is 0.390 e. The fourth-order valence-corrected chi connectivity index (χ4v) is 2.10. The number of halogens is 2. The predicted molar refractivity (Wildman–Crippen MR) is 67.5 cm³/mol. The van der Waals surface area contributed by atoms with Crippen molar-refractivity contribution in [3.63, 3.8) is 0 Å². The lowest BCUT2D eigenvalue weighted by molar-refractivity contribution is -0.0372. The third-order valence-electron chi connectivity index (χ3n) is 2.60. The van der Waals surface area contributed by atoms with Gasteiger partial charge in [0.15, 0.2) is 5.82 Å². The van der Waals surface area contributed by atoms with E-state index in [1.807, 2.05) is 0 Å². The molecule has 0 saturated heterocycles. The molecule has 0 atom stereocenters. The SMILES string of the molecule is Nc1nsc(NCC(F)(F)CO)c1C(=O)NC1CC1. The zero-order chi connectivity index (χ0) is 14.0. The molecule has 6 nitrogen and oxygen atoms in total. The number of aliphatic hydroxyl groups excluding tert-OH is 1. The summed E-state index contributed by atoms with van der Waals surface area (Å²) < 4.78 is 29.7. The Bertz CT molecular complexity index is 476. The molecule has 1 aliphatic rings. The first-order chi connectivity index (χ1) is 8.93. The molecule has 5 N–H and O–H groups in total. The quantitative estimate of drug-likeness (QED) is 0.617. The van der Waals surface area contributed by atoms with E-state index in [1.165, 1.54) is 0 Å². The molecule has 1 aromatic rings. The van der Waals surface area contributed by atoms with Crippen LogP contribution in [0.25, 0.3) is 0 Å². The first kappa shape index (κ1) is 13.9. The van der Waals surface area contributed by atoms with E-state index in [0.717, 1.165) is 24.4 Å². The van der Waals surface area contributed by atoms with Crippen LogP contribution in [-0.2, 0) is 0 Å². The molecule has 1 aromatic heterocycles. The van der Waals surface area contributed by atoms with Crippen molar-refractivity contribution in [3.8, 4) is 0 Å². The monoisotopic (exact) mass is 292 g/mol. The maximum absolute atomic E-state index is 12.9. The van der Waals surface area contributed by atoms with Crippen molar-refractivity contribution in [3.05, 3.63) is 5.56 Å². The molecule has 1 aliphatic carbocycles. The summed E-state index contributed by atoms with van der Waals surface area (Å²) in [7, 11) is 0. The molecule has 0 aliphatic heterocycles. The third-order valence-corrected chi connectivity index (χ3v) is 3.42.